The van der Waals surface area contributed by atoms with Crippen molar-refractivity contribution in [1.82, 2.24) is 5.43 Å². The highest BCUT2D eigenvalue weighted by Crippen LogP contribution is 2.11. The Hall–Kier alpha value is -1.62. The van der Waals surface area contributed by atoms with Gasteiger partial charge in [-0.15, -0.1) is 0 Å². The molecule has 16 heavy (non-hydrogen) atoms. The molecule has 0 spiro atoms. The van der Waals surface area contributed by atoms with Gasteiger partial charge in [-0.3, -0.25) is 0 Å². The van der Waals surface area contributed by atoms with Crippen molar-refractivity contribution >= 4 is 22.9 Å². The Labute approximate surface area is 100 Å². The number of nitrogens with zero attached hydrogens (tertiary/aromatic N) is 1. The summed E-state index contributed by atoms with van der Waals surface area (Å²) in [7, 11) is 1.64. The third-order valence-electron chi connectivity index (χ3n) is 2.01. The first-order valence-electron chi connectivity index (χ1n) is 4.83. The van der Waals surface area contributed by atoms with Gasteiger partial charge in [0.2, 0.25) is 0 Å². The molecule has 1 aromatic rings. The Morgan fingerprint density at radius 1 is 1.44 bits per heavy atom. The van der Waals surface area contributed by atoms with Crippen molar-refractivity contribution in [3.8, 4) is 5.75 Å². The quantitative estimate of drug-likeness (QED) is 0.460. The van der Waals surface area contributed by atoms with Crippen LogP contribution in [0.4, 0.5) is 0 Å². The molecule has 4 nitrogen and oxygen atoms in total. The fraction of sp³-hybridized carbons (Fsp3) is 0.273. The molecular formula is C11H15N3OS. The highest BCUT2D eigenvalue weighted by Gasteiger charge is 1.97. The van der Waals surface area contributed by atoms with Gasteiger partial charge < -0.3 is 15.9 Å². The number of hydrogen-bond acceptors (Lipinski definition) is 4. The predicted molar refractivity (Wildman–Crippen MR) is 70.0 cm³/mol. The van der Waals surface area contributed by atoms with Gasteiger partial charge in [0.1, 0.15) is 5.75 Å². The lowest BCUT2D eigenvalue weighted by molar-refractivity contribution is 0.415. The summed E-state index contributed by atoms with van der Waals surface area (Å²) in [4.78, 5) is 0.395. The zero-order valence-electron chi connectivity index (χ0n) is 9.36. The molecule has 3 N–H and O–H groups in total. The number of thiocarbonyl (C=S) groups is 1. The highest BCUT2D eigenvalue weighted by molar-refractivity contribution is 7.80. The SMILES string of the molecule is COc1ccc(C(C)=NNCC(N)=S)cc1. The van der Waals surface area contributed by atoms with Gasteiger partial charge in [0.25, 0.3) is 0 Å². The third-order valence-corrected chi connectivity index (χ3v) is 2.15. The average molecular weight is 237 g/mol. The maximum absolute atomic E-state index is 5.34. The fourth-order valence-electron chi connectivity index (χ4n) is 1.13. The molecule has 0 aromatic heterocycles. The van der Waals surface area contributed by atoms with E-state index in [1.54, 1.807) is 7.11 Å². The van der Waals surface area contributed by atoms with Crippen LogP contribution in [-0.4, -0.2) is 24.4 Å². The van der Waals surface area contributed by atoms with Gasteiger partial charge in [-0.1, -0.05) is 12.2 Å². The minimum Gasteiger partial charge on any atom is -0.497 e. The van der Waals surface area contributed by atoms with Crippen molar-refractivity contribution < 1.29 is 4.74 Å². The number of benzene rings is 1. The first-order valence-corrected chi connectivity index (χ1v) is 5.24. The molecule has 1 rings (SSSR count). The van der Waals surface area contributed by atoms with Crippen LogP contribution in [0.3, 0.4) is 0 Å². The van der Waals surface area contributed by atoms with E-state index < -0.39 is 0 Å². The van der Waals surface area contributed by atoms with Gasteiger partial charge in [0.05, 0.1) is 24.4 Å². The van der Waals surface area contributed by atoms with Gasteiger partial charge in [0.15, 0.2) is 0 Å². The molecule has 86 valence electrons. The number of hydrazone groups is 1. The second kappa shape index (κ2) is 6.07. The Morgan fingerprint density at radius 3 is 2.56 bits per heavy atom. The zero-order valence-corrected chi connectivity index (χ0v) is 10.2. The first kappa shape index (κ1) is 12.4. The lowest BCUT2D eigenvalue weighted by Gasteiger charge is -2.04. The first-order chi connectivity index (χ1) is 7.63. The molecule has 0 aliphatic carbocycles. The Balaban J connectivity index is 2.64. The third kappa shape index (κ3) is 3.86. The number of hydrogen-bond donors (Lipinski definition) is 2. The lowest BCUT2D eigenvalue weighted by atomic mass is 10.1. The van der Waals surface area contributed by atoms with E-state index in [1.807, 2.05) is 31.2 Å². The summed E-state index contributed by atoms with van der Waals surface area (Å²) in [6.07, 6.45) is 0. The second-order valence-corrected chi connectivity index (χ2v) is 3.75. The standard InChI is InChI=1S/C11H15N3OS/c1-8(14-13-7-11(12)16)9-3-5-10(15-2)6-4-9/h3-6,13H,7H2,1-2H3,(H2,12,16). The smallest absolute Gasteiger partial charge is 0.118 e. The predicted octanol–water partition coefficient (Wildman–Crippen LogP) is 1.29. The largest absolute Gasteiger partial charge is 0.497 e. The van der Waals surface area contributed by atoms with Crippen LogP contribution in [0.1, 0.15) is 12.5 Å². The highest BCUT2D eigenvalue weighted by atomic mass is 32.1. The minimum atomic E-state index is 0.395. The summed E-state index contributed by atoms with van der Waals surface area (Å²) in [5, 5.41) is 4.15. The summed E-state index contributed by atoms with van der Waals surface area (Å²) >= 11 is 4.73. The Kier molecular flexibility index (Phi) is 4.72. The summed E-state index contributed by atoms with van der Waals surface area (Å²) in [5.41, 5.74) is 10.0. The Bertz CT molecular complexity index is 387. The van der Waals surface area contributed by atoms with E-state index in [4.69, 9.17) is 22.7 Å². The van der Waals surface area contributed by atoms with Gasteiger partial charge in [-0.2, -0.15) is 5.10 Å². The molecule has 0 amide bonds. The molecule has 0 unspecified atom stereocenters. The van der Waals surface area contributed by atoms with E-state index in [0.717, 1.165) is 17.0 Å². The van der Waals surface area contributed by atoms with Crippen molar-refractivity contribution in [2.24, 2.45) is 10.8 Å². The van der Waals surface area contributed by atoms with Crippen molar-refractivity contribution in [3.63, 3.8) is 0 Å². The van der Waals surface area contributed by atoms with E-state index in [2.05, 4.69) is 10.5 Å². The number of rotatable bonds is 5. The number of nitrogens with one attached hydrogen (secondary N) is 1. The molecule has 0 radical (unpaired) electrons. The molecule has 0 aliphatic rings. The van der Waals surface area contributed by atoms with E-state index in [9.17, 15) is 0 Å². The van der Waals surface area contributed by atoms with Crippen molar-refractivity contribution in [1.29, 1.82) is 0 Å². The molecule has 0 aliphatic heterocycles. The van der Waals surface area contributed by atoms with Crippen LogP contribution in [0, 0.1) is 0 Å². The van der Waals surface area contributed by atoms with Crippen molar-refractivity contribution in [2.45, 2.75) is 6.92 Å². The van der Waals surface area contributed by atoms with Gasteiger partial charge in [0, 0.05) is 0 Å². The fourth-order valence-corrected chi connectivity index (χ4v) is 1.20. The zero-order chi connectivity index (χ0) is 12.0. The summed E-state index contributed by atoms with van der Waals surface area (Å²) in [6, 6.07) is 7.67. The van der Waals surface area contributed by atoms with Crippen LogP contribution in [0.25, 0.3) is 0 Å². The van der Waals surface area contributed by atoms with Gasteiger partial charge >= 0.3 is 0 Å². The van der Waals surface area contributed by atoms with Crippen LogP contribution < -0.4 is 15.9 Å². The van der Waals surface area contributed by atoms with E-state index in [-0.39, 0.29) is 0 Å². The molecule has 5 heteroatoms. The normalized spacial score (nSPS) is 11.0. The lowest BCUT2D eigenvalue weighted by Crippen LogP contribution is -2.24. The van der Waals surface area contributed by atoms with Gasteiger partial charge in [-0.25, -0.2) is 0 Å². The van der Waals surface area contributed by atoms with Crippen molar-refractivity contribution in [2.75, 3.05) is 13.7 Å². The topological polar surface area (TPSA) is 59.6 Å². The van der Waals surface area contributed by atoms with Crippen LogP contribution >= 0.6 is 12.2 Å². The molecular weight excluding hydrogens is 222 g/mol. The average Bonchev–Trinajstić information content (AvgIpc) is 2.28. The molecule has 0 saturated heterocycles. The van der Waals surface area contributed by atoms with Crippen LogP contribution in [-0.2, 0) is 0 Å². The molecule has 0 heterocycles. The van der Waals surface area contributed by atoms with Crippen molar-refractivity contribution in [3.05, 3.63) is 29.8 Å². The monoisotopic (exact) mass is 237 g/mol. The molecule has 1 aromatic carbocycles. The number of nitrogens with two attached hydrogens (primary N) is 1. The maximum atomic E-state index is 5.34. The summed E-state index contributed by atoms with van der Waals surface area (Å²) in [6.45, 7) is 2.32. The minimum absolute atomic E-state index is 0.395. The maximum Gasteiger partial charge on any atom is 0.118 e. The number of methoxy groups -OCH3 is 1. The number of ether oxygens (including phenoxy) is 1. The Morgan fingerprint density at radius 2 is 2.06 bits per heavy atom. The van der Waals surface area contributed by atoms with Gasteiger partial charge in [-0.05, 0) is 36.8 Å². The summed E-state index contributed by atoms with van der Waals surface area (Å²) in [5.74, 6) is 0.827. The second-order valence-electron chi connectivity index (χ2n) is 3.23. The summed E-state index contributed by atoms with van der Waals surface area (Å²) < 4.78 is 5.07. The molecule has 0 fully saturated rings. The molecule has 0 saturated carbocycles. The van der Waals surface area contributed by atoms with Crippen LogP contribution in [0.5, 0.6) is 5.75 Å². The van der Waals surface area contributed by atoms with Crippen LogP contribution in [0.2, 0.25) is 0 Å². The van der Waals surface area contributed by atoms with Crippen LogP contribution in [0.15, 0.2) is 29.4 Å². The van der Waals surface area contributed by atoms with E-state index in [1.165, 1.54) is 0 Å². The van der Waals surface area contributed by atoms with E-state index in [0.29, 0.717) is 11.5 Å². The molecule has 0 atom stereocenters. The molecule has 0 bridgehead atoms. The van der Waals surface area contributed by atoms with E-state index >= 15 is 0 Å².